The van der Waals surface area contributed by atoms with Crippen LogP contribution in [0, 0.1) is 11.2 Å². The Bertz CT molecular complexity index is 645. The van der Waals surface area contributed by atoms with Gasteiger partial charge in [-0.05, 0) is 49.9 Å². The first-order valence-corrected chi connectivity index (χ1v) is 8.69. The molecule has 2 saturated carbocycles. The van der Waals surface area contributed by atoms with E-state index in [0.717, 1.165) is 18.5 Å². The number of benzene rings is 1. The van der Waals surface area contributed by atoms with Gasteiger partial charge in [0.05, 0.1) is 0 Å². The molecule has 6 heteroatoms. The topological polar surface area (TPSA) is 52.7 Å². The van der Waals surface area contributed by atoms with Crippen molar-refractivity contribution in [1.82, 2.24) is 10.2 Å². The van der Waals surface area contributed by atoms with Gasteiger partial charge in [0.1, 0.15) is 11.2 Å². The quantitative estimate of drug-likeness (QED) is 0.852. The molecule has 5 nitrogen and oxygen atoms in total. The minimum absolute atomic E-state index is 0.0144. The Balaban J connectivity index is 1.36. The number of halogens is 1. The lowest BCUT2D eigenvalue weighted by Gasteiger charge is -2.37. The Morgan fingerprint density at radius 1 is 1.04 bits per heavy atom. The SMILES string of the molecule is O=C(NC1CC1)C1(C(=O)N2CCN(c3ccc(F)cc3)CC2)CC1. The third-order valence-corrected chi connectivity index (χ3v) is 5.27. The van der Waals surface area contributed by atoms with E-state index in [1.807, 2.05) is 4.90 Å². The molecule has 128 valence electrons. The lowest BCUT2D eigenvalue weighted by molar-refractivity contribution is -0.144. The van der Waals surface area contributed by atoms with Crippen LogP contribution in [-0.4, -0.2) is 48.9 Å². The van der Waals surface area contributed by atoms with Crippen LogP contribution in [0.3, 0.4) is 0 Å². The van der Waals surface area contributed by atoms with E-state index in [-0.39, 0.29) is 23.7 Å². The highest BCUT2D eigenvalue weighted by atomic mass is 19.1. The Kier molecular flexibility index (Phi) is 3.70. The van der Waals surface area contributed by atoms with Crippen molar-refractivity contribution in [3.63, 3.8) is 0 Å². The third kappa shape index (κ3) is 2.85. The zero-order valence-electron chi connectivity index (χ0n) is 13.6. The molecule has 0 unspecified atom stereocenters. The molecule has 3 fully saturated rings. The standard InChI is InChI=1S/C18H22FN3O2/c19-13-1-5-15(6-2-13)21-9-11-22(12-10-21)17(24)18(7-8-18)16(23)20-14-3-4-14/h1-2,5-6,14H,3-4,7-12H2,(H,20,23). The fourth-order valence-electron chi connectivity index (χ4n) is 3.34. The number of hydrogen-bond acceptors (Lipinski definition) is 3. The first-order chi connectivity index (χ1) is 11.6. The summed E-state index contributed by atoms with van der Waals surface area (Å²) in [5.74, 6) is -0.333. The molecule has 0 radical (unpaired) electrons. The van der Waals surface area contributed by atoms with E-state index in [1.165, 1.54) is 12.1 Å². The van der Waals surface area contributed by atoms with Crippen molar-refractivity contribution in [1.29, 1.82) is 0 Å². The van der Waals surface area contributed by atoms with Gasteiger partial charge < -0.3 is 15.1 Å². The fourth-order valence-corrected chi connectivity index (χ4v) is 3.34. The number of hydrogen-bond donors (Lipinski definition) is 1. The van der Waals surface area contributed by atoms with Gasteiger partial charge in [0, 0.05) is 37.9 Å². The monoisotopic (exact) mass is 331 g/mol. The number of carbonyl (C=O) groups is 2. The molecule has 0 aromatic heterocycles. The zero-order valence-corrected chi connectivity index (χ0v) is 13.6. The summed E-state index contributed by atoms with van der Waals surface area (Å²) in [4.78, 5) is 29.2. The maximum Gasteiger partial charge on any atom is 0.238 e. The molecule has 1 aliphatic heterocycles. The lowest BCUT2D eigenvalue weighted by Crippen LogP contribution is -2.53. The summed E-state index contributed by atoms with van der Waals surface area (Å²) in [5.41, 5.74) is 0.178. The van der Waals surface area contributed by atoms with Crippen LogP contribution in [0.1, 0.15) is 25.7 Å². The van der Waals surface area contributed by atoms with Crippen LogP contribution in [-0.2, 0) is 9.59 Å². The number of piperazine rings is 1. The number of anilines is 1. The summed E-state index contributed by atoms with van der Waals surface area (Å²) in [5, 5.41) is 2.98. The number of amides is 2. The van der Waals surface area contributed by atoms with E-state index >= 15 is 0 Å². The van der Waals surface area contributed by atoms with Crippen molar-refractivity contribution in [3.8, 4) is 0 Å². The van der Waals surface area contributed by atoms with Crippen LogP contribution in [0.15, 0.2) is 24.3 Å². The van der Waals surface area contributed by atoms with Crippen LogP contribution < -0.4 is 10.2 Å². The van der Waals surface area contributed by atoms with Crippen LogP contribution in [0.5, 0.6) is 0 Å². The van der Waals surface area contributed by atoms with Crippen LogP contribution in [0.4, 0.5) is 10.1 Å². The van der Waals surface area contributed by atoms with Gasteiger partial charge in [-0.2, -0.15) is 0 Å². The van der Waals surface area contributed by atoms with Gasteiger partial charge in [0.25, 0.3) is 0 Å². The number of carbonyl (C=O) groups excluding carboxylic acids is 2. The molecule has 1 saturated heterocycles. The second kappa shape index (κ2) is 5.76. The van der Waals surface area contributed by atoms with Crippen molar-refractivity contribution < 1.29 is 14.0 Å². The highest BCUT2D eigenvalue weighted by molar-refractivity contribution is 6.08. The van der Waals surface area contributed by atoms with E-state index < -0.39 is 5.41 Å². The van der Waals surface area contributed by atoms with E-state index in [4.69, 9.17) is 0 Å². The maximum absolute atomic E-state index is 13.0. The molecular formula is C18H22FN3O2. The molecule has 1 aromatic rings. The predicted octanol–water partition coefficient (Wildman–Crippen LogP) is 1.53. The van der Waals surface area contributed by atoms with Gasteiger partial charge in [0.15, 0.2) is 0 Å². The molecule has 0 atom stereocenters. The summed E-state index contributed by atoms with van der Waals surface area (Å²) < 4.78 is 13.0. The van der Waals surface area contributed by atoms with Gasteiger partial charge in [-0.3, -0.25) is 9.59 Å². The summed E-state index contributed by atoms with van der Waals surface area (Å²) in [7, 11) is 0. The normalized spacial score (nSPS) is 22.2. The molecular weight excluding hydrogens is 309 g/mol. The number of nitrogens with zero attached hydrogens (tertiary/aromatic N) is 2. The summed E-state index contributed by atoms with van der Waals surface area (Å²) in [6.45, 7) is 2.62. The van der Waals surface area contributed by atoms with E-state index in [1.54, 1.807) is 12.1 Å². The summed E-state index contributed by atoms with van der Waals surface area (Å²) in [6.07, 6.45) is 3.41. The Morgan fingerprint density at radius 2 is 1.67 bits per heavy atom. The fraction of sp³-hybridized carbons (Fsp3) is 0.556. The van der Waals surface area contributed by atoms with Crippen LogP contribution in [0.2, 0.25) is 0 Å². The van der Waals surface area contributed by atoms with Crippen LogP contribution in [0.25, 0.3) is 0 Å². The molecule has 0 bridgehead atoms. The van der Waals surface area contributed by atoms with Crippen molar-refractivity contribution in [2.24, 2.45) is 5.41 Å². The van der Waals surface area contributed by atoms with E-state index in [9.17, 15) is 14.0 Å². The largest absolute Gasteiger partial charge is 0.368 e. The molecule has 2 amide bonds. The minimum atomic E-state index is -0.791. The summed E-state index contributed by atoms with van der Waals surface area (Å²) >= 11 is 0. The average molecular weight is 331 g/mol. The molecule has 1 N–H and O–H groups in total. The maximum atomic E-state index is 13.0. The Morgan fingerprint density at radius 3 is 2.21 bits per heavy atom. The molecule has 1 heterocycles. The van der Waals surface area contributed by atoms with Gasteiger partial charge >= 0.3 is 0 Å². The summed E-state index contributed by atoms with van der Waals surface area (Å²) in [6, 6.07) is 6.72. The highest BCUT2D eigenvalue weighted by Crippen LogP contribution is 2.48. The molecule has 3 aliphatic rings. The molecule has 4 rings (SSSR count). The molecule has 24 heavy (non-hydrogen) atoms. The molecule has 0 spiro atoms. The van der Waals surface area contributed by atoms with Crippen molar-refractivity contribution in [3.05, 3.63) is 30.1 Å². The lowest BCUT2D eigenvalue weighted by atomic mass is 10.0. The molecule has 1 aromatic carbocycles. The van der Waals surface area contributed by atoms with Crippen molar-refractivity contribution in [2.75, 3.05) is 31.1 Å². The first kappa shape index (κ1) is 15.4. The van der Waals surface area contributed by atoms with Crippen molar-refractivity contribution in [2.45, 2.75) is 31.7 Å². The number of nitrogens with one attached hydrogen (secondary N) is 1. The second-order valence-corrected chi connectivity index (χ2v) is 7.09. The third-order valence-electron chi connectivity index (χ3n) is 5.27. The van der Waals surface area contributed by atoms with Crippen LogP contribution >= 0.6 is 0 Å². The Labute approximate surface area is 140 Å². The Hall–Kier alpha value is -2.11. The van der Waals surface area contributed by atoms with Gasteiger partial charge in [-0.1, -0.05) is 0 Å². The first-order valence-electron chi connectivity index (χ1n) is 8.69. The number of rotatable bonds is 4. The van der Waals surface area contributed by atoms with Gasteiger partial charge in [-0.25, -0.2) is 4.39 Å². The zero-order chi connectivity index (χ0) is 16.7. The van der Waals surface area contributed by atoms with Crippen molar-refractivity contribution >= 4 is 17.5 Å². The van der Waals surface area contributed by atoms with E-state index in [0.29, 0.717) is 39.0 Å². The second-order valence-electron chi connectivity index (χ2n) is 7.09. The van der Waals surface area contributed by atoms with E-state index in [2.05, 4.69) is 10.2 Å². The molecule has 2 aliphatic carbocycles. The highest BCUT2D eigenvalue weighted by Gasteiger charge is 2.58. The minimum Gasteiger partial charge on any atom is -0.368 e. The smallest absolute Gasteiger partial charge is 0.238 e. The average Bonchev–Trinajstić information content (AvgIpc) is 3.50. The predicted molar refractivity (Wildman–Crippen MR) is 88.0 cm³/mol. The van der Waals surface area contributed by atoms with Gasteiger partial charge in [0.2, 0.25) is 11.8 Å². The van der Waals surface area contributed by atoms with Gasteiger partial charge in [-0.15, -0.1) is 0 Å².